The van der Waals surface area contributed by atoms with Gasteiger partial charge in [-0.2, -0.15) is 4.39 Å². The molecule has 2 amide bonds. The Bertz CT molecular complexity index is 1040. The first-order chi connectivity index (χ1) is 14.2. The summed E-state index contributed by atoms with van der Waals surface area (Å²) in [6, 6.07) is 18.4. The van der Waals surface area contributed by atoms with Gasteiger partial charge in [-0.25, -0.2) is 9.78 Å². The first kappa shape index (κ1) is 17.7. The fourth-order valence-electron chi connectivity index (χ4n) is 4.35. The van der Waals surface area contributed by atoms with E-state index in [-0.39, 0.29) is 18.1 Å². The molecule has 2 atom stereocenters. The summed E-state index contributed by atoms with van der Waals surface area (Å²) < 4.78 is 19.9. The highest BCUT2D eigenvalue weighted by Crippen LogP contribution is 2.44. The van der Waals surface area contributed by atoms with Crippen LogP contribution in [0.2, 0.25) is 0 Å². The number of rotatable bonds is 3. The molecule has 0 radical (unpaired) electrons. The molecule has 0 aliphatic carbocycles. The molecular formula is C23H20FN3O2. The van der Waals surface area contributed by atoms with Gasteiger partial charge in [0, 0.05) is 23.5 Å². The molecule has 0 saturated carbocycles. The van der Waals surface area contributed by atoms with Gasteiger partial charge < -0.3 is 15.0 Å². The largest absolute Gasteiger partial charge is 0.457 e. The highest BCUT2D eigenvalue weighted by molar-refractivity contribution is 5.90. The Hall–Kier alpha value is -3.41. The molecule has 2 aromatic carbocycles. The summed E-state index contributed by atoms with van der Waals surface area (Å²) in [5, 5.41) is 2.97. The minimum absolute atomic E-state index is 0.00638. The second kappa shape index (κ2) is 7.20. The van der Waals surface area contributed by atoms with Crippen molar-refractivity contribution in [1.82, 2.24) is 9.88 Å². The van der Waals surface area contributed by atoms with E-state index in [0.717, 1.165) is 24.2 Å². The van der Waals surface area contributed by atoms with Gasteiger partial charge in [0.05, 0.1) is 6.04 Å². The van der Waals surface area contributed by atoms with E-state index < -0.39 is 5.95 Å². The zero-order chi connectivity index (χ0) is 19.8. The van der Waals surface area contributed by atoms with Crippen molar-refractivity contribution in [2.24, 2.45) is 0 Å². The number of fused-ring (bicyclic) bond motifs is 4. The fraction of sp³-hybridized carbons (Fsp3) is 0.217. The van der Waals surface area contributed by atoms with Crippen molar-refractivity contribution in [2.45, 2.75) is 31.3 Å². The van der Waals surface area contributed by atoms with Crippen LogP contribution in [0, 0.1) is 5.95 Å². The number of aromatic nitrogens is 1. The molecule has 1 saturated heterocycles. The normalized spacial score (nSPS) is 19.6. The van der Waals surface area contributed by atoms with Gasteiger partial charge in [-0.15, -0.1) is 0 Å². The van der Waals surface area contributed by atoms with E-state index in [1.807, 2.05) is 65.6 Å². The minimum atomic E-state index is -0.409. The molecule has 5 rings (SSSR count). The maximum Gasteiger partial charge on any atom is 0.322 e. The van der Waals surface area contributed by atoms with E-state index in [1.165, 1.54) is 6.20 Å². The van der Waals surface area contributed by atoms with Crippen LogP contribution in [0.25, 0.3) is 0 Å². The molecule has 5 nitrogen and oxygen atoms in total. The maximum absolute atomic E-state index is 14.1. The van der Waals surface area contributed by atoms with Crippen LogP contribution in [0.1, 0.15) is 30.0 Å². The molecule has 2 aliphatic heterocycles. The van der Waals surface area contributed by atoms with E-state index in [0.29, 0.717) is 23.4 Å². The molecule has 0 spiro atoms. The number of nitrogens with one attached hydrogen (secondary N) is 1. The Kier molecular flexibility index (Phi) is 4.39. The zero-order valence-corrected chi connectivity index (χ0v) is 15.7. The lowest BCUT2D eigenvalue weighted by molar-refractivity contribution is 0.178. The van der Waals surface area contributed by atoms with Gasteiger partial charge in [-0.05, 0) is 67.3 Å². The second-order valence-corrected chi connectivity index (χ2v) is 7.40. The van der Waals surface area contributed by atoms with Crippen LogP contribution in [0.5, 0.6) is 11.5 Å². The monoisotopic (exact) mass is 389 g/mol. The van der Waals surface area contributed by atoms with Gasteiger partial charge in [-0.1, -0.05) is 18.2 Å². The van der Waals surface area contributed by atoms with Crippen molar-refractivity contribution < 1.29 is 13.9 Å². The van der Waals surface area contributed by atoms with Crippen molar-refractivity contribution in [2.75, 3.05) is 5.32 Å². The Balaban J connectivity index is 1.30. The number of pyridine rings is 1. The van der Waals surface area contributed by atoms with E-state index in [4.69, 9.17) is 4.74 Å². The molecule has 146 valence electrons. The molecule has 2 bridgehead atoms. The molecular weight excluding hydrogens is 369 g/mol. The van der Waals surface area contributed by atoms with Gasteiger partial charge in [0.2, 0.25) is 5.95 Å². The average molecular weight is 389 g/mol. The van der Waals surface area contributed by atoms with Gasteiger partial charge in [0.15, 0.2) is 0 Å². The van der Waals surface area contributed by atoms with Crippen molar-refractivity contribution in [1.29, 1.82) is 0 Å². The predicted octanol–water partition coefficient (Wildman–Crippen LogP) is 5.31. The summed E-state index contributed by atoms with van der Waals surface area (Å²) in [7, 11) is 0. The van der Waals surface area contributed by atoms with Crippen LogP contribution in [-0.2, 0) is 6.42 Å². The molecule has 1 N–H and O–H groups in total. The number of nitrogens with zero attached hydrogens (tertiary/aromatic N) is 2. The Morgan fingerprint density at radius 3 is 2.59 bits per heavy atom. The van der Waals surface area contributed by atoms with Crippen LogP contribution in [0.4, 0.5) is 14.9 Å². The topological polar surface area (TPSA) is 54.5 Å². The average Bonchev–Trinajstić information content (AvgIpc) is 3.06. The predicted molar refractivity (Wildman–Crippen MR) is 107 cm³/mol. The molecule has 29 heavy (non-hydrogen) atoms. The molecule has 0 unspecified atom stereocenters. The third kappa shape index (κ3) is 3.31. The number of halogens is 1. The number of carbonyl (C=O) groups excluding carboxylic acids is 1. The second-order valence-electron chi connectivity index (χ2n) is 7.40. The van der Waals surface area contributed by atoms with Gasteiger partial charge in [0.25, 0.3) is 0 Å². The number of urea groups is 1. The highest BCUT2D eigenvalue weighted by Gasteiger charge is 2.43. The van der Waals surface area contributed by atoms with E-state index in [1.54, 1.807) is 0 Å². The first-order valence-electron chi connectivity index (χ1n) is 9.74. The molecule has 1 fully saturated rings. The fourth-order valence-corrected chi connectivity index (χ4v) is 4.35. The Labute approximate surface area is 168 Å². The first-order valence-corrected chi connectivity index (χ1v) is 9.74. The lowest BCUT2D eigenvalue weighted by atomic mass is 9.95. The molecule has 3 heterocycles. The summed E-state index contributed by atoms with van der Waals surface area (Å²) in [4.78, 5) is 18.6. The lowest BCUT2D eigenvalue weighted by Crippen LogP contribution is -2.44. The lowest BCUT2D eigenvalue weighted by Gasteiger charge is -2.36. The van der Waals surface area contributed by atoms with Crippen LogP contribution >= 0.6 is 0 Å². The number of ether oxygens (including phenoxy) is 1. The van der Waals surface area contributed by atoms with Crippen LogP contribution < -0.4 is 10.1 Å². The molecule has 6 heteroatoms. The van der Waals surface area contributed by atoms with E-state index in [2.05, 4.69) is 10.3 Å². The quantitative estimate of drug-likeness (QED) is 0.618. The van der Waals surface area contributed by atoms with Crippen molar-refractivity contribution in [3.8, 4) is 11.5 Å². The standard InChI is InChI=1S/C23H20FN3O2/c24-22-20-14-16-8-11-21(19(20)12-13-25-22)27(16)23(28)26-15-6-9-18(10-7-15)29-17-4-2-1-3-5-17/h1-7,9-10,12-13,16,21H,8,11,14H2,(H,26,28)/t16-,21+/m0/s1. The zero-order valence-electron chi connectivity index (χ0n) is 15.7. The summed E-state index contributed by atoms with van der Waals surface area (Å²) in [6.07, 6.45) is 3.71. The highest BCUT2D eigenvalue weighted by atomic mass is 19.1. The smallest absolute Gasteiger partial charge is 0.322 e. The van der Waals surface area contributed by atoms with E-state index >= 15 is 0 Å². The summed E-state index contributed by atoms with van der Waals surface area (Å²) in [5.41, 5.74) is 2.24. The summed E-state index contributed by atoms with van der Waals surface area (Å²) in [6.45, 7) is 0. The third-order valence-electron chi connectivity index (χ3n) is 5.66. The van der Waals surface area contributed by atoms with Crippen LogP contribution in [0.15, 0.2) is 66.9 Å². The SMILES string of the molecule is O=C(Nc1ccc(Oc2ccccc2)cc1)N1[C@H]2CC[C@@H]1c1ccnc(F)c1C2. The summed E-state index contributed by atoms with van der Waals surface area (Å²) >= 11 is 0. The number of benzene rings is 2. The molecule has 2 aliphatic rings. The van der Waals surface area contributed by atoms with Crippen molar-refractivity contribution in [3.63, 3.8) is 0 Å². The molecule has 1 aromatic heterocycles. The minimum Gasteiger partial charge on any atom is -0.457 e. The Morgan fingerprint density at radius 2 is 1.79 bits per heavy atom. The van der Waals surface area contributed by atoms with Gasteiger partial charge >= 0.3 is 6.03 Å². The number of hydrogen-bond donors (Lipinski definition) is 1. The third-order valence-corrected chi connectivity index (χ3v) is 5.66. The van der Waals surface area contributed by atoms with E-state index in [9.17, 15) is 9.18 Å². The van der Waals surface area contributed by atoms with Crippen LogP contribution in [-0.4, -0.2) is 22.0 Å². The van der Waals surface area contributed by atoms with Crippen LogP contribution in [0.3, 0.4) is 0 Å². The summed E-state index contributed by atoms with van der Waals surface area (Å²) in [5.74, 6) is 1.05. The van der Waals surface area contributed by atoms with Crippen molar-refractivity contribution in [3.05, 3.63) is 83.9 Å². The molecule has 3 aromatic rings. The number of anilines is 1. The van der Waals surface area contributed by atoms with Gasteiger partial charge in [0.1, 0.15) is 11.5 Å². The maximum atomic E-state index is 14.1. The number of carbonyl (C=O) groups is 1. The number of amides is 2. The van der Waals surface area contributed by atoms with Crippen molar-refractivity contribution >= 4 is 11.7 Å². The van der Waals surface area contributed by atoms with Gasteiger partial charge in [-0.3, -0.25) is 0 Å². The number of para-hydroxylation sites is 1. The Morgan fingerprint density at radius 1 is 1.03 bits per heavy atom. The number of hydrogen-bond acceptors (Lipinski definition) is 3.